The van der Waals surface area contributed by atoms with Crippen LogP contribution in [0.15, 0.2) is 36.4 Å². The number of aryl methyl sites for hydroxylation is 2. The van der Waals surface area contributed by atoms with Crippen LogP contribution >= 0.6 is 0 Å². The van der Waals surface area contributed by atoms with E-state index in [1.165, 1.54) is 0 Å². The standard InChI is InChI=1S/C25H34N2O2/c1-16(2)20-12-7-10-18(5)24(20)26-22(28)14-9-15-23(29)27-25-19(6)11-8-13-21(25)17(3)4/h7-8,10-13,16-17H,9,14-15H2,1-6H3,(H,26,28)(H,27,29). The Bertz CT molecular complexity index is 798. The first-order chi connectivity index (χ1) is 13.7. The van der Waals surface area contributed by atoms with Gasteiger partial charge in [-0.2, -0.15) is 0 Å². The zero-order chi connectivity index (χ0) is 21.6. The van der Waals surface area contributed by atoms with Crippen molar-refractivity contribution in [1.82, 2.24) is 0 Å². The van der Waals surface area contributed by atoms with Crippen molar-refractivity contribution in [3.63, 3.8) is 0 Å². The molecule has 2 amide bonds. The minimum absolute atomic E-state index is 0.0484. The lowest BCUT2D eigenvalue weighted by atomic mass is 9.98. The third-order valence-electron chi connectivity index (χ3n) is 5.19. The molecule has 0 radical (unpaired) electrons. The monoisotopic (exact) mass is 394 g/mol. The number of nitrogens with one attached hydrogen (secondary N) is 2. The van der Waals surface area contributed by atoms with Gasteiger partial charge in [-0.15, -0.1) is 0 Å². The summed E-state index contributed by atoms with van der Waals surface area (Å²) in [5, 5.41) is 6.09. The Morgan fingerprint density at radius 2 is 1.10 bits per heavy atom. The Balaban J connectivity index is 1.91. The first-order valence-electron chi connectivity index (χ1n) is 10.5. The SMILES string of the molecule is Cc1cccc(C(C)C)c1NC(=O)CCCC(=O)Nc1c(C)cccc1C(C)C. The number of anilines is 2. The molecule has 0 aliphatic heterocycles. The van der Waals surface area contributed by atoms with Crippen LogP contribution in [-0.2, 0) is 9.59 Å². The van der Waals surface area contributed by atoms with Crippen molar-refractivity contribution in [1.29, 1.82) is 0 Å². The molecule has 2 N–H and O–H groups in total. The minimum Gasteiger partial charge on any atom is -0.326 e. The molecule has 0 atom stereocenters. The molecule has 0 bridgehead atoms. The Kier molecular flexibility index (Phi) is 8.00. The van der Waals surface area contributed by atoms with Crippen LogP contribution in [0.2, 0.25) is 0 Å². The van der Waals surface area contributed by atoms with Gasteiger partial charge in [0.1, 0.15) is 0 Å². The Hall–Kier alpha value is -2.62. The molecule has 29 heavy (non-hydrogen) atoms. The quantitative estimate of drug-likeness (QED) is 0.552. The molecule has 0 saturated carbocycles. The van der Waals surface area contributed by atoms with Gasteiger partial charge in [-0.1, -0.05) is 64.1 Å². The van der Waals surface area contributed by atoms with Crippen LogP contribution in [0, 0.1) is 13.8 Å². The number of hydrogen-bond donors (Lipinski definition) is 2. The fraction of sp³-hybridized carbons (Fsp3) is 0.440. The highest BCUT2D eigenvalue weighted by atomic mass is 16.2. The summed E-state index contributed by atoms with van der Waals surface area (Å²) in [4.78, 5) is 24.9. The first kappa shape index (κ1) is 22.7. The molecule has 4 heteroatoms. The van der Waals surface area contributed by atoms with Gasteiger partial charge in [0.25, 0.3) is 0 Å². The molecule has 0 heterocycles. The maximum atomic E-state index is 12.4. The van der Waals surface area contributed by atoms with E-state index in [2.05, 4.69) is 50.5 Å². The van der Waals surface area contributed by atoms with Gasteiger partial charge >= 0.3 is 0 Å². The van der Waals surface area contributed by atoms with Crippen molar-refractivity contribution in [2.75, 3.05) is 10.6 Å². The summed E-state index contributed by atoms with van der Waals surface area (Å²) >= 11 is 0. The second kappa shape index (κ2) is 10.2. The predicted octanol–water partition coefficient (Wildman–Crippen LogP) is 6.30. The molecule has 156 valence electrons. The largest absolute Gasteiger partial charge is 0.326 e. The molecule has 0 unspecified atom stereocenters. The summed E-state index contributed by atoms with van der Waals surface area (Å²) in [7, 11) is 0. The Labute approximate surface area is 175 Å². The topological polar surface area (TPSA) is 58.2 Å². The van der Waals surface area contributed by atoms with E-state index in [1.807, 2.05) is 38.1 Å². The van der Waals surface area contributed by atoms with Gasteiger partial charge in [-0.25, -0.2) is 0 Å². The molecule has 2 aromatic rings. The van der Waals surface area contributed by atoms with E-state index in [0.717, 1.165) is 33.6 Å². The van der Waals surface area contributed by atoms with Gasteiger partial charge in [-0.3, -0.25) is 9.59 Å². The normalized spacial score (nSPS) is 11.0. The lowest BCUT2D eigenvalue weighted by Crippen LogP contribution is -2.17. The van der Waals surface area contributed by atoms with Gasteiger partial charge in [0.05, 0.1) is 0 Å². The van der Waals surface area contributed by atoms with Crippen LogP contribution in [0.4, 0.5) is 11.4 Å². The number of amides is 2. The van der Waals surface area contributed by atoms with Crippen molar-refractivity contribution in [2.24, 2.45) is 0 Å². The number of benzene rings is 2. The van der Waals surface area contributed by atoms with Crippen LogP contribution in [0.1, 0.15) is 81.0 Å². The van der Waals surface area contributed by atoms with E-state index < -0.39 is 0 Å². The fourth-order valence-corrected chi connectivity index (χ4v) is 3.50. The summed E-state index contributed by atoms with van der Waals surface area (Å²) in [5.74, 6) is 0.570. The van der Waals surface area contributed by atoms with Crippen molar-refractivity contribution in [3.8, 4) is 0 Å². The van der Waals surface area contributed by atoms with Crippen LogP contribution in [0.25, 0.3) is 0 Å². The van der Waals surface area contributed by atoms with E-state index in [4.69, 9.17) is 0 Å². The van der Waals surface area contributed by atoms with Gasteiger partial charge in [0.15, 0.2) is 0 Å². The lowest BCUT2D eigenvalue weighted by molar-refractivity contribution is -0.117. The molecular formula is C25H34N2O2. The molecule has 0 spiro atoms. The molecule has 2 rings (SSSR count). The predicted molar refractivity (Wildman–Crippen MR) is 122 cm³/mol. The third-order valence-corrected chi connectivity index (χ3v) is 5.19. The zero-order valence-corrected chi connectivity index (χ0v) is 18.6. The molecule has 0 aromatic heterocycles. The van der Waals surface area contributed by atoms with Crippen molar-refractivity contribution in [3.05, 3.63) is 58.7 Å². The fourth-order valence-electron chi connectivity index (χ4n) is 3.50. The van der Waals surface area contributed by atoms with Crippen LogP contribution in [0.3, 0.4) is 0 Å². The highest BCUT2D eigenvalue weighted by molar-refractivity contribution is 5.94. The average molecular weight is 395 g/mol. The third kappa shape index (κ3) is 6.18. The van der Waals surface area contributed by atoms with E-state index in [0.29, 0.717) is 31.1 Å². The van der Waals surface area contributed by atoms with Gasteiger partial charge < -0.3 is 10.6 Å². The molecule has 2 aromatic carbocycles. The van der Waals surface area contributed by atoms with E-state index in [9.17, 15) is 9.59 Å². The summed E-state index contributed by atoms with van der Waals surface area (Å²) in [6, 6.07) is 12.1. The highest BCUT2D eigenvalue weighted by Gasteiger charge is 2.14. The zero-order valence-electron chi connectivity index (χ0n) is 18.6. The maximum Gasteiger partial charge on any atom is 0.224 e. The number of para-hydroxylation sites is 2. The highest BCUT2D eigenvalue weighted by Crippen LogP contribution is 2.28. The second-order valence-corrected chi connectivity index (χ2v) is 8.34. The van der Waals surface area contributed by atoms with Gasteiger partial charge in [0, 0.05) is 24.2 Å². The number of carbonyl (C=O) groups is 2. The number of hydrogen-bond acceptors (Lipinski definition) is 2. The summed E-state index contributed by atoms with van der Waals surface area (Å²) in [5.41, 5.74) is 6.19. The van der Waals surface area contributed by atoms with Crippen molar-refractivity contribution >= 4 is 23.2 Å². The molecular weight excluding hydrogens is 360 g/mol. The maximum absolute atomic E-state index is 12.4. The summed E-state index contributed by atoms with van der Waals surface area (Å²) in [6.07, 6.45) is 1.16. The molecule has 0 aliphatic carbocycles. The van der Waals surface area contributed by atoms with Crippen LogP contribution in [0.5, 0.6) is 0 Å². The number of carbonyl (C=O) groups excluding carboxylic acids is 2. The summed E-state index contributed by atoms with van der Waals surface area (Å²) in [6.45, 7) is 12.5. The molecule has 0 fully saturated rings. The average Bonchev–Trinajstić information content (AvgIpc) is 2.64. The second-order valence-electron chi connectivity index (χ2n) is 8.34. The van der Waals surface area contributed by atoms with Gasteiger partial charge in [-0.05, 0) is 54.4 Å². The molecule has 4 nitrogen and oxygen atoms in total. The first-order valence-corrected chi connectivity index (χ1v) is 10.5. The van der Waals surface area contributed by atoms with E-state index in [1.54, 1.807) is 0 Å². The van der Waals surface area contributed by atoms with Crippen LogP contribution in [-0.4, -0.2) is 11.8 Å². The minimum atomic E-state index is -0.0484. The van der Waals surface area contributed by atoms with Crippen molar-refractivity contribution in [2.45, 2.75) is 72.6 Å². The van der Waals surface area contributed by atoms with Crippen molar-refractivity contribution < 1.29 is 9.59 Å². The smallest absolute Gasteiger partial charge is 0.224 e. The Morgan fingerprint density at radius 1 is 0.724 bits per heavy atom. The number of rotatable bonds is 8. The van der Waals surface area contributed by atoms with E-state index in [-0.39, 0.29) is 11.8 Å². The lowest BCUT2D eigenvalue weighted by Gasteiger charge is -2.17. The molecule has 0 aliphatic rings. The van der Waals surface area contributed by atoms with E-state index >= 15 is 0 Å². The Morgan fingerprint density at radius 3 is 1.45 bits per heavy atom. The van der Waals surface area contributed by atoms with Crippen LogP contribution < -0.4 is 10.6 Å². The summed E-state index contributed by atoms with van der Waals surface area (Å²) < 4.78 is 0. The molecule has 0 saturated heterocycles. The van der Waals surface area contributed by atoms with Gasteiger partial charge in [0.2, 0.25) is 11.8 Å².